The molecule has 0 aliphatic heterocycles. The van der Waals surface area contributed by atoms with E-state index in [-0.39, 0.29) is 6.04 Å². The highest BCUT2D eigenvalue weighted by Gasteiger charge is 2.14. The molecule has 3 aromatic rings. The van der Waals surface area contributed by atoms with Crippen LogP contribution in [-0.2, 0) is 0 Å². The Morgan fingerprint density at radius 3 is 2.79 bits per heavy atom. The molecule has 0 saturated carbocycles. The first-order valence-corrected chi connectivity index (χ1v) is 7.99. The summed E-state index contributed by atoms with van der Waals surface area (Å²) < 4.78 is 1.31. The topological polar surface area (TPSA) is 24.9 Å². The molecule has 1 atom stereocenters. The molecule has 0 fully saturated rings. The molecule has 0 aliphatic carbocycles. The van der Waals surface area contributed by atoms with Crippen LogP contribution in [-0.4, -0.2) is 12.0 Å². The van der Waals surface area contributed by atoms with E-state index in [1.807, 2.05) is 25.4 Å². The van der Waals surface area contributed by atoms with Crippen LogP contribution in [0, 0.1) is 2.88 Å². The van der Waals surface area contributed by atoms with Crippen LogP contribution in [0.3, 0.4) is 0 Å². The summed E-state index contributed by atoms with van der Waals surface area (Å²) in [5.74, 6) is 0. The summed E-state index contributed by atoms with van der Waals surface area (Å²) >= 11 is 4.13. The van der Waals surface area contributed by atoms with Gasteiger partial charge < -0.3 is 5.32 Å². The molecule has 0 saturated heterocycles. The second-order valence-electron chi connectivity index (χ2n) is 4.37. The monoisotopic (exact) mass is 380 g/mol. The van der Waals surface area contributed by atoms with Gasteiger partial charge in [0.15, 0.2) is 0 Å². The number of halogens is 1. The molecular weight excluding hydrogens is 367 g/mol. The van der Waals surface area contributed by atoms with Crippen LogP contribution in [0.15, 0.2) is 48.0 Å². The van der Waals surface area contributed by atoms with Gasteiger partial charge in [-0.3, -0.25) is 4.98 Å². The van der Waals surface area contributed by atoms with Gasteiger partial charge in [-0.1, -0.05) is 18.2 Å². The van der Waals surface area contributed by atoms with E-state index in [1.54, 1.807) is 11.3 Å². The van der Waals surface area contributed by atoms with E-state index in [9.17, 15) is 0 Å². The number of hydrogen-bond acceptors (Lipinski definition) is 3. The quantitative estimate of drug-likeness (QED) is 0.689. The van der Waals surface area contributed by atoms with Crippen LogP contribution in [0.1, 0.15) is 17.2 Å². The predicted molar refractivity (Wildman–Crippen MR) is 89.7 cm³/mol. The van der Waals surface area contributed by atoms with Crippen molar-refractivity contribution < 1.29 is 0 Å². The molecule has 0 radical (unpaired) electrons. The lowest BCUT2D eigenvalue weighted by Gasteiger charge is -2.15. The highest BCUT2D eigenvalue weighted by molar-refractivity contribution is 14.1. The molecule has 0 aliphatic rings. The Morgan fingerprint density at radius 1 is 1.21 bits per heavy atom. The van der Waals surface area contributed by atoms with Crippen LogP contribution in [0.2, 0.25) is 0 Å². The molecule has 3 rings (SSSR count). The highest BCUT2D eigenvalue weighted by Crippen LogP contribution is 2.28. The largest absolute Gasteiger partial charge is 0.309 e. The lowest BCUT2D eigenvalue weighted by Crippen LogP contribution is -2.17. The molecule has 2 heterocycles. The SMILES string of the molecule is CNC(c1csc(I)c1)c1cnc2ccccc2c1. The van der Waals surface area contributed by atoms with E-state index in [2.05, 4.69) is 62.5 Å². The summed E-state index contributed by atoms with van der Waals surface area (Å²) in [6.45, 7) is 0. The molecule has 0 spiro atoms. The van der Waals surface area contributed by atoms with Crippen molar-refractivity contribution in [3.05, 3.63) is 62.0 Å². The van der Waals surface area contributed by atoms with Gasteiger partial charge in [-0.15, -0.1) is 11.3 Å². The maximum Gasteiger partial charge on any atom is 0.0702 e. The second kappa shape index (κ2) is 5.56. The number of nitrogens with zero attached hydrogens (tertiary/aromatic N) is 1. The third-order valence-corrected chi connectivity index (χ3v) is 4.96. The van der Waals surface area contributed by atoms with Gasteiger partial charge in [-0.05, 0) is 64.3 Å². The first-order valence-electron chi connectivity index (χ1n) is 6.04. The molecule has 0 amide bonds. The lowest BCUT2D eigenvalue weighted by molar-refractivity contribution is 0.692. The minimum absolute atomic E-state index is 0.205. The predicted octanol–water partition coefficient (Wildman–Crippen LogP) is 4.21. The first-order chi connectivity index (χ1) is 9.28. The zero-order valence-corrected chi connectivity index (χ0v) is 13.4. The average Bonchev–Trinajstić information content (AvgIpc) is 2.86. The second-order valence-corrected chi connectivity index (χ2v) is 7.17. The van der Waals surface area contributed by atoms with Gasteiger partial charge in [-0.2, -0.15) is 0 Å². The highest BCUT2D eigenvalue weighted by atomic mass is 127. The molecule has 2 aromatic heterocycles. The van der Waals surface area contributed by atoms with Gasteiger partial charge in [0, 0.05) is 11.6 Å². The number of para-hydroxylation sites is 1. The van der Waals surface area contributed by atoms with E-state index in [0.717, 1.165) is 5.52 Å². The van der Waals surface area contributed by atoms with Crippen molar-refractivity contribution in [1.29, 1.82) is 0 Å². The van der Waals surface area contributed by atoms with E-state index in [4.69, 9.17) is 0 Å². The third kappa shape index (κ3) is 2.66. The molecular formula is C15H13IN2S. The van der Waals surface area contributed by atoms with E-state index < -0.39 is 0 Å². The van der Waals surface area contributed by atoms with Gasteiger partial charge in [0.05, 0.1) is 14.4 Å². The fraction of sp³-hybridized carbons (Fsp3) is 0.133. The van der Waals surface area contributed by atoms with Crippen LogP contribution in [0.4, 0.5) is 0 Å². The Kier molecular flexibility index (Phi) is 3.81. The van der Waals surface area contributed by atoms with Gasteiger partial charge in [0.25, 0.3) is 0 Å². The fourth-order valence-corrected chi connectivity index (χ4v) is 3.64. The summed E-state index contributed by atoms with van der Waals surface area (Å²) in [6, 6.07) is 12.9. The Bertz CT molecular complexity index is 708. The Balaban J connectivity index is 2.06. The molecule has 1 aromatic carbocycles. The van der Waals surface area contributed by atoms with Crippen LogP contribution >= 0.6 is 33.9 Å². The number of rotatable bonds is 3. The normalized spacial score (nSPS) is 12.7. The summed E-state index contributed by atoms with van der Waals surface area (Å²) in [6.07, 6.45) is 1.97. The standard InChI is InChI=1S/C15H13IN2S/c1-17-15(12-7-14(16)19-9-12)11-6-10-4-2-3-5-13(10)18-8-11/h2-9,15,17H,1H3. The molecule has 2 nitrogen and oxygen atoms in total. The van der Waals surface area contributed by atoms with Crippen molar-refractivity contribution in [1.82, 2.24) is 10.3 Å². The first kappa shape index (κ1) is 13.0. The third-order valence-electron chi connectivity index (χ3n) is 3.15. The van der Waals surface area contributed by atoms with E-state index in [0.29, 0.717) is 0 Å². The zero-order valence-electron chi connectivity index (χ0n) is 10.4. The molecule has 19 heavy (non-hydrogen) atoms. The van der Waals surface area contributed by atoms with Crippen LogP contribution in [0.25, 0.3) is 10.9 Å². The average molecular weight is 380 g/mol. The van der Waals surface area contributed by atoms with Crippen molar-refractivity contribution in [2.75, 3.05) is 7.05 Å². The minimum Gasteiger partial charge on any atom is -0.309 e. The number of aromatic nitrogens is 1. The molecule has 1 N–H and O–H groups in total. The van der Waals surface area contributed by atoms with Crippen molar-refractivity contribution in [3.63, 3.8) is 0 Å². The van der Waals surface area contributed by atoms with Gasteiger partial charge in [0.2, 0.25) is 0 Å². The Labute approximate surface area is 130 Å². The fourth-order valence-electron chi connectivity index (χ4n) is 2.25. The van der Waals surface area contributed by atoms with Crippen LogP contribution < -0.4 is 5.32 Å². The Hall–Kier alpha value is -0.980. The Morgan fingerprint density at radius 2 is 2.05 bits per heavy atom. The number of nitrogens with one attached hydrogen (secondary N) is 1. The van der Waals surface area contributed by atoms with Crippen molar-refractivity contribution >= 4 is 44.8 Å². The van der Waals surface area contributed by atoms with Crippen molar-refractivity contribution in [2.24, 2.45) is 0 Å². The molecule has 0 bridgehead atoms. The maximum atomic E-state index is 4.54. The summed E-state index contributed by atoms with van der Waals surface area (Å²) in [5, 5.41) is 6.77. The molecule has 4 heteroatoms. The van der Waals surface area contributed by atoms with Crippen molar-refractivity contribution in [3.8, 4) is 0 Å². The van der Waals surface area contributed by atoms with Crippen LogP contribution in [0.5, 0.6) is 0 Å². The number of pyridine rings is 1. The van der Waals surface area contributed by atoms with Gasteiger partial charge in [0.1, 0.15) is 0 Å². The number of hydrogen-bond donors (Lipinski definition) is 1. The molecule has 96 valence electrons. The number of benzene rings is 1. The minimum atomic E-state index is 0.205. The summed E-state index contributed by atoms with van der Waals surface area (Å²) in [5.41, 5.74) is 3.55. The van der Waals surface area contributed by atoms with Gasteiger partial charge >= 0.3 is 0 Å². The van der Waals surface area contributed by atoms with Crippen molar-refractivity contribution in [2.45, 2.75) is 6.04 Å². The summed E-state index contributed by atoms with van der Waals surface area (Å²) in [4.78, 5) is 4.54. The number of thiophene rings is 1. The maximum absolute atomic E-state index is 4.54. The van der Waals surface area contributed by atoms with Gasteiger partial charge in [-0.25, -0.2) is 0 Å². The zero-order chi connectivity index (χ0) is 13.2. The molecule has 1 unspecified atom stereocenters. The van der Waals surface area contributed by atoms with E-state index in [1.165, 1.54) is 19.4 Å². The summed E-state index contributed by atoms with van der Waals surface area (Å²) in [7, 11) is 1.99. The number of fused-ring (bicyclic) bond motifs is 1. The van der Waals surface area contributed by atoms with E-state index >= 15 is 0 Å². The smallest absolute Gasteiger partial charge is 0.0702 e. The lowest BCUT2D eigenvalue weighted by atomic mass is 10.0.